The van der Waals surface area contributed by atoms with Crippen LogP contribution < -0.4 is 4.80 Å². The fourth-order valence-corrected chi connectivity index (χ4v) is 3.89. The summed E-state index contributed by atoms with van der Waals surface area (Å²) >= 11 is 1.32. The van der Waals surface area contributed by atoms with E-state index in [0.29, 0.717) is 24.6 Å². The highest BCUT2D eigenvalue weighted by Crippen LogP contribution is 2.18. The summed E-state index contributed by atoms with van der Waals surface area (Å²) in [5.41, 5.74) is 2.91. The van der Waals surface area contributed by atoms with Crippen LogP contribution in [-0.2, 0) is 22.5 Å². The van der Waals surface area contributed by atoms with Crippen molar-refractivity contribution in [3.05, 3.63) is 64.2 Å². The Morgan fingerprint density at radius 2 is 2.12 bits per heavy atom. The van der Waals surface area contributed by atoms with Crippen molar-refractivity contribution in [1.82, 2.24) is 4.57 Å². The Labute approximate surface area is 155 Å². The van der Waals surface area contributed by atoms with Crippen LogP contribution in [0.15, 0.2) is 47.5 Å². The molecule has 136 valence electrons. The van der Waals surface area contributed by atoms with Crippen LogP contribution in [0.4, 0.5) is 4.39 Å². The number of benzene rings is 2. The third kappa shape index (κ3) is 4.45. The van der Waals surface area contributed by atoms with Crippen molar-refractivity contribution in [3.8, 4) is 0 Å². The lowest BCUT2D eigenvalue weighted by molar-refractivity contribution is -0.117. The Kier molecular flexibility index (Phi) is 5.96. The second kappa shape index (κ2) is 8.38. The van der Waals surface area contributed by atoms with Crippen molar-refractivity contribution < 1.29 is 13.9 Å². The molecule has 0 aliphatic rings. The van der Waals surface area contributed by atoms with Gasteiger partial charge in [0.05, 0.1) is 23.2 Å². The molecule has 0 saturated heterocycles. The molecule has 0 aliphatic carbocycles. The average Bonchev–Trinajstić information content (AvgIpc) is 2.91. The van der Waals surface area contributed by atoms with Crippen LogP contribution in [0.3, 0.4) is 0 Å². The zero-order valence-electron chi connectivity index (χ0n) is 14.9. The quantitative estimate of drug-likeness (QED) is 0.617. The van der Waals surface area contributed by atoms with Gasteiger partial charge in [0.2, 0.25) is 0 Å². The molecule has 0 N–H and O–H groups in total. The predicted molar refractivity (Wildman–Crippen MR) is 102 cm³/mol. The van der Waals surface area contributed by atoms with Crippen molar-refractivity contribution in [1.29, 1.82) is 0 Å². The van der Waals surface area contributed by atoms with Crippen molar-refractivity contribution in [3.63, 3.8) is 0 Å². The molecule has 3 rings (SSSR count). The van der Waals surface area contributed by atoms with E-state index < -0.39 is 0 Å². The SMILES string of the molecule is CCOCCn1c(=NC(=O)Cc2cccc(C)c2)sc2cc(F)ccc21. The molecular weight excluding hydrogens is 351 g/mol. The average molecular weight is 372 g/mol. The van der Waals surface area contributed by atoms with Crippen LogP contribution in [0, 0.1) is 12.7 Å². The van der Waals surface area contributed by atoms with Crippen molar-refractivity contribution in [2.45, 2.75) is 26.8 Å². The van der Waals surface area contributed by atoms with Gasteiger partial charge in [0, 0.05) is 13.2 Å². The third-order valence-corrected chi connectivity index (χ3v) is 5.01. The second-order valence-corrected chi connectivity index (χ2v) is 7.03. The molecule has 4 nitrogen and oxygen atoms in total. The Morgan fingerprint density at radius 1 is 1.27 bits per heavy atom. The molecule has 0 aliphatic heterocycles. The molecule has 0 bridgehead atoms. The van der Waals surface area contributed by atoms with Crippen molar-refractivity contribution in [2.75, 3.05) is 13.2 Å². The van der Waals surface area contributed by atoms with Crippen LogP contribution in [-0.4, -0.2) is 23.7 Å². The number of hydrogen-bond donors (Lipinski definition) is 0. The second-order valence-electron chi connectivity index (χ2n) is 6.02. The van der Waals surface area contributed by atoms with E-state index in [-0.39, 0.29) is 18.1 Å². The summed E-state index contributed by atoms with van der Waals surface area (Å²) in [5, 5.41) is 0. The summed E-state index contributed by atoms with van der Waals surface area (Å²) in [6.45, 7) is 5.63. The Hall–Kier alpha value is -2.31. The molecule has 26 heavy (non-hydrogen) atoms. The molecule has 2 aromatic carbocycles. The lowest BCUT2D eigenvalue weighted by Gasteiger charge is -2.05. The van der Waals surface area contributed by atoms with Gasteiger partial charge in [-0.1, -0.05) is 41.2 Å². The number of nitrogens with zero attached hydrogens (tertiary/aromatic N) is 2. The zero-order valence-corrected chi connectivity index (χ0v) is 15.7. The predicted octanol–water partition coefficient (Wildman–Crippen LogP) is 3.86. The number of carbonyl (C=O) groups is 1. The first-order valence-corrected chi connectivity index (χ1v) is 9.38. The largest absolute Gasteiger partial charge is 0.380 e. The van der Waals surface area contributed by atoms with Crippen LogP contribution >= 0.6 is 11.3 Å². The van der Waals surface area contributed by atoms with E-state index in [9.17, 15) is 9.18 Å². The minimum Gasteiger partial charge on any atom is -0.380 e. The molecule has 1 aromatic heterocycles. The number of thiazole rings is 1. The lowest BCUT2D eigenvalue weighted by Crippen LogP contribution is -2.20. The number of halogens is 1. The summed E-state index contributed by atoms with van der Waals surface area (Å²) in [7, 11) is 0. The minimum absolute atomic E-state index is 0.215. The molecular formula is C20H21FN2O2S. The molecule has 0 radical (unpaired) electrons. The summed E-state index contributed by atoms with van der Waals surface area (Å²) in [6, 6.07) is 12.4. The summed E-state index contributed by atoms with van der Waals surface area (Å²) in [5.74, 6) is -0.513. The van der Waals surface area contributed by atoms with Gasteiger partial charge in [-0.3, -0.25) is 4.79 Å². The fraction of sp³-hybridized carbons (Fsp3) is 0.300. The van der Waals surface area contributed by atoms with Gasteiger partial charge >= 0.3 is 0 Å². The van der Waals surface area contributed by atoms with E-state index in [2.05, 4.69) is 4.99 Å². The van der Waals surface area contributed by atoms with Crippen molar-refractivity contribution in [2.24, 2.45) is 4.99 Å². The van der Waals surface area contributed by atoms with Crippen LogP contribution in [0.5, 0.6) is 0 Å². The molecule has 0 unspecified atom stereocenters. The van der Waals surface area contributed by atoms with Gasteiger partial charge in [-0.25, -0.2) is 4.39 Å². The number of aromatic nitrogens is 1. The minimum atomic E-state index is -0.298. The number of hydrogen-bond acceptors (Lipinski definition) is 3. The Bertz CT molecular complexity index is 991. The van der Waals surface area contributed by atoms with Gasteiger partial charge in [0.25, 0.3) is 5.91 Å². The standard InChI is InChI=1S/C20H21FN2O2S/c1-3-25-10-9-23-17-8-7-16(21)13-18(17)26-20(23)22-19(24)12-15-6-4-5-14(2)11-15/h4-8,11,13H,3,9-10,12H2,1-2H3. The number of amides is 1. The Balaban J connectivity index is 1.94. The molecule has 6 heteroatoms. The topological polar surface area (TPSA) is 43.6 Å². The molecule has 3 aromatic rings. The number of ether oxygens (including phenoxy) is 1. The van der Waals surface area contributed by atoms with Gasteiger partial charge in [0.15, 0.2) is 4.80 Å². The maximum absolute atomic E-state index is 13.5. The number of carbonyl (C=O) groups excluding carboxylic acids is 1. The zero-order chi connectivity index (χ0) is 18.5. The van der Waals surface area contributed by atoms with E-state index >= 15 is 0 Å². The molecule has 0 saturated carbocycles. The fourth-order valence-electron chi connectivity index (χ4n) is 2.79. The van der Waals surface area contributed by atoms with Gasteiger partial charge in [0.1, 0.15) is 5.82 Å². The summed E-state index contributed by atoms with van der Waals surface area (Å²) in [6.07, 6.45) is 0.246. The highest BCUT2D eigenvalue weighted by Gasteiger charge is 2.09. The molecule has 0 atom stereocenters. The first kappa shape index (κ1) is 18.5. The van der Waals surface area contributed by atoms with E-state index in [4.69, 9.17) is 4.74 Å². The van der Waals surface area contributed by atoms with Crippen LogP contribution in [0.1, 0.15) is 18.1 Å². The van der Waals surface area contributed by atoms with Crippen molar-refractivity contribution >= 4 is 27.5 Å². The van der Waals surface area contributed by atoms with Gasteiger partial charge in [-0.15, -0.1) is 0 Å². The first-order chi connectivity index (χ1) is 12.6. The molecule has 0 fully saturated rings. The maximum Gasteiger partial charge on any atom is 0.252 e. The number of aryl methyl sites for hydroxylation is 1. The van der Waals surface area contributed by atoms with Gasteiger partial charge in [-0.05, 0) is 37.6 Å². The Morgan fingerprint density at radius 3 is 2.88 bits per heavy atom. The highest BCUT2D eigenvalue weighted by molar-refractivity contribution is 7.16. The lowest BCUT2D eigenvalue weighted by atomic mass is 10.1. The summed E-state index contributed by atoms with van der Waals surface area (Å²) in [4.78, 5) is 17.3. The molecule has 0 spiro atoms. The molecule has 1 amide bonds. The smallest absolute Gasteiger partial charge is 0.252 e. The van der Waals surface area contributed by atoms with E-state index in [1.807, 2.05) is 42.7 Å². The van der Waals surface area contributed by atoms with E-state index in [1.54, 1.807) is 6.07 Å². The van der Waals surface area contributed by atoms with Crippen LogP contribution in [0.25, 0.3) is 10.2 Å². The van der Waals surface area contributed by atoms with Gasteiger partial charge in [-0.2, -0.15) is 4.99 Å². The number of fused-ring (bicyclic) bond motifs is 1. The third-order valence-electron chi connectivity index (χ3n) is 3.97. The highest BCUT2D eigenvalue weighted by atomic mass is 32.1. The van der Waals surface area contributed by atoms with E-state index in [0.717, 1.165) is 21.3 Å². The normalized spacial score (nSPS) is 12.0. The van der Waals surface area contributed by atoms with Crippen LogP contribution in [0.2, 0.25) is 0 Å². The van der Waals surface area contributed by atoms with E-state index in [1.165, 1.54) is 23.5 Å². The summed E-state index contributed by atoms with van der Waals surface area (Å²) < 4.78 is 21.7. The van der Waals surface area contributed by atoms with Gasteiger partial charge < -0.3 is 9.30 Å². The number of rotatable bonds is 6. The monoisotopic (exact) mass is 372 g/mol. The maximum atomic E-state index is 13.5. The molecule has 1 heterocycles. The first-order valence-electron chi connectivity index (χ1n) is 8.56.